The highest BCUT2D eigenvalue weighted by Crippen LogP contribution is 2.20. The van der Waals surface area contributed by atoms with E-state index in [2.05, 4.69) is 4.90 Å². The minimum atomic E-state index is 0.0987. The molecule has 0 atom stereocenters. The number of likely N-dealkylation sites (N-methyl/N-ethyl adjacent to an activating group) is 1. The molecule has 1 aromatic rings. The molecule has 100 valence electrons. The van der Waals surface area contributed by atoms with Gasteiger partial charge in [0.25, 0.3) is 0 Å². The maximum atomic E-state index is 7.61. The number of nitrogens with one attached hydrogen (secondary N) is 1. The molecule has 0 fully saturated rings. The molecule has 18 heavy (non-hydrogen) atoms. The molecule has 0 bridgehead atoms. The Kier molecular flexibility index (Phi) is 5.16. The normalized spacial score (nSPS) is 10.7. The third-order valence-electron chi connectivity index (χ3n) is 2.73. The maximum Gasteiger partial charge on any atom is 0.124 e. The van der Waals surface area contributed by atoms with Crippen molar-refractivity contribution in [3.63, 3.8) is 0 Å². The molecule has 4 heteroatoms. The van der Waals surface area contributed by atoms with Gasteiger partial charge in [0.2, 0.25) is 0 Å². The van der Waals surface area contributed by atoms with Crippen LogP contribution < -0.4 is 10.6 Å². The summed E-state index contributed by atoms with van der Waals surface area (Å²) in [6.07, 6.45) is 0.239. The van der Waals surface area contributed by atoms with Gasteiger partial charge in [0.05, 0.1) is 12.7 Å². The van der Waals surface area contributed by atoms with E-state index in [1.807, 2.05) is 46.0 Å². The van der Waals surface area contributed by atoms with E-state index in [1.54, 1.807) is 0 Å². The number of nitrogen functional groups attached to an aromatic ring is 1. The van der Waals surface area contributed by atoms with Gasteiger partial charge in [0.1, 0.15) is 5.84 Å². The average molecular weight is 249 g/mol. The van der Waals surface area contributed by atoms with E-state index < -0.39 is 0 Å². The first-order chi connectivity index (χ1) is 8.41. The number of hydrogen-bond acceptors (Lipinski definition) is 3. The van der Waals surface area contributed by atoms with E-state index in [4.69, 9.17) is 15.9 Å². The average Bonchev–Trinajstić information content (AvgIpc) is 2.27. The highest BCUT2D eigenvalue weighted by molar-refractivity contribution is 6.00. The fourth-order valence-corrected chi connectivity index (χ4v) is 1.73. The zero-order valence-corrected chi connectivity index (χ0v) is 11.7. The number of nitrogens with zero attached hydrogens (tertiary/aromatic N) is 1. The lowest BCUT2D eigenvalue weighted by atomic mass is 10.1. The van der Waals surface area contributed by atoms with E-state index >= 15 is 0 Å². The van der Waals surface area contributed by atoms with Crippen molar-refractivity contribution in [2.75, 3.05) is 25.1 Å². The summed E-state index contributed by atoms with van der Waals surface area (Å²) in [6, 6.07) is 5.91. The van der Waals surface area contributed by atoms with E-state index in [9.17, 15) is 0 Å². The first kappa shape index (κ1) is 14.5. The molecule has 0 aliphatic rings. The number of ether oxygens (including phenoxy) is 1. The molecule has 0 aliphatic heterocycles. The van der Waals surface area contributed by atoms with Crippen LogP contribution in [-0.4, -0.2) is 32.1 Å². The fraction of sp³-hybridized carbons (Fsp3) is 0.500. The third-order valence-corrected chi connectivity index (χ3v) is 2.73. The first-order valence-electron chi connectivity index (χ1n) is 6.19. The van der Waals surface area contributed by atoms with Gasteiger partial charge in [-0.05, 0) is 38.5 Å². The van der Waals surface area contributed by atoms with Crippen LogP contribution in [0, 0.1) is 12.3 Å². The molecule has 0 saturated heterocycles. The lowest BCUT2D eigenvalue weighted by Gasteiger charge is -2.23. The molecule has 0 unspecified atom stereocenters. The molecular formula is C14H23N3O. The lowest BCUT2D eigenvalue weighted by molar-refractivity contribution is 0.0846. The van der Waals surface area contributed by atoms with Crippen LogP contribution in [0.25, 0.3) is 0 Å². The summed E-state index contributed by atoms with van der Waals surface area (Å²) in [7, 11) is 1.99. The second-order valence-corrected chi connectivity index (χ2v) is 4.78. The molecule has 0 radical (unpaired) electrons. The standard InChI is InChI=1S/C14H23N3O/c1-10(2)18-8-7-17(4)13-9-11(3)5-6-12(13)14(15)16/h5-6,9-10H,7-8H2,1-4H3,(H3,15,16). The van der Waals surface area contributed by atoms with Gasteiger partial charge in [-0.2, -0.15) is 0 Å². The Morgan fingerprint density at radius 3 is 2.67 bits per heavy atom. The Hall–Kier alpha value is -1.55. The van der Waals surface area contributed by atoms with Gasteiger partial charge in [-0.15, -0.1) is 0 Å². The van der Waals surface area contributed by atoms with Gasteiger partial charge in [-0.3, -0.25) is 5.41 Å². The van der Waals surface area contributed by atoms with E-state index in [1.165, 1.54) is 0 Å². The van der Waals surface area contributed by atoms with Crippen molar-refractivity contribution in [1.29, 1.82) is 5.41 Å². The van der Waals surface area contributed by atoms with Crippen LogP contribution in [0.4, 0.5) is 5.69 Å². The van der Waals surface area contributed by atoms with Crippen molar-refractivity contribution in [2.24, 2.45) is 5.73 Å². The smallest absolute Gasteiger partial charge is 0.124 e. The largest absolute Gasteiger partial charge is 0.384 e. The number of rotatable bonds is 6. The van der Waals surface area contributed by atoms with Crippen molar-refractivity contribution in [1.82, 2.24) is 0 Å². The zero-order chi connectivity index (χ0) is 13.7. The predicted octanol–water partition coefficient (Wildman–Crippen LogP) is 2.14. The zero-order valence-electron chi connectivity index (χ0n) is 11.7. The van der Waals surface area contributed by atoms with Gasteiger partial charge < -0.3 is 15.4 Å². The number of benzene rings is 1. The van der Waals surface area contributed by atoms with Crippen molar-refractivity contribution in [2.45, 2.75) is 26.9 Å². The fourth-order valence-electron chi connectivity index (χ4n) is 1.73. The van der Waals surface area contributed by atoms with Gasteiger partial charge in [-0.1, -0.05) is 6.07 Å². The Morgan fingerprint density at radius 1 is 1.44 bits per heavy atom. The molecule has 0 spiro atoms. The van der Waals surface area contributed by atoms with Crippen LogP contribution in [0.3, 0.4) is 0 Å². The number of amidine groups is 1. The van der Waals surface area contributed by atoms with E-state index in [0.29, 0.717) is 6.61 Å². The molecule has 0 saturated carbocycles. The molecule has 0 amide bonds. The minimum Gasteiger partial charge on any atom is -0.384 e. The van der Waals surface area contributed by atoms with Crippen LogP contribution >= 0.6 is 0 Å². The third kappa shape index (κ3) is 4.04. The Bertz CT molecular complexity index is 416. The molecular weight excluding hydrogens is 226 g/mol. The number of aryl methyl sites for hydroxylation is 1. The molecule has 0 aromatic heterocycles. The summed E-state index contributed by atoms with van der Waals surface area (Å²) < 4.78 is 5.54. The van der Waals surface area contributed by atoms with Gasteiger partial charge in [0.15, 0.2) is 0 Å². The van der Waals surface area contributed by atoms with Gasteiger partial charge in [0, 0.05) is 24.8 Å². The summed E-state index contributed by atoms with van der Waals surface area (Å²) in [5, 5.41) is 7.61. The molecule has 0 heterocycles. The first-order valence-corrected chi connectivity index (χ1v) is 6.19. The van der Waals surface area contributed by atoms with Crippen LogP contribution in [0.1, 0.15) is 25.0 Å². The summed E-state index contributed by atoms with van der Waals surface area (Å²) in [5.41, 5.74) is 8.52. The van der Waals surface area contributed by atoms with Crippen LogP contribution in [-0.2, 0) is 4.74 Å². The number of hydrogen-bond donors (Lipinski definition) is 2. The van der Waals surface area contributed by atoms with Gasteiger partial charge in [-0.25, -0.2) is 0 Å². The van der Waals surface area contributed by atoms with Crippen molar-refractivity contribution < 1.29 is 4.74 Å². The lowest BCUT2D eigenvalue weighted by Crippen LogP contribution is -2.27. The summed E-state index contributed by atoms with van der Waals surface area (Å²) in [5.74, 6) is 0.0987. The van der Waals surface area contributed by atoms with Crippen molar-refractivity contribution in [3.8, 4) is 0 Å². The van der Waals surface area contributed by atoms with Crippen LogP contribution in [0.5, 0.6) is 0 Å². The Morgan fingerprint density at radius 2 is 2.11 bits per heavy atom. The topological polar surface area (TPSA) is 62.3 Å². The molecule has 1 rings (SSSR count). The highest BCUT2D eigenvalue weighted by Gasteiger charge is 2.10. The number of nitrogens with two attached hydrogens (primary N) is 1. The maximum absolute atomic E-state index is 7.61. The van der Waals surface area contributed by atoms with Gasteiger partial charge >= 0.3 is 0 Å². The van der Waals surface area contributed by atoms with E-state index in [0.717, 1.165) is 23.4 Å². The van der Waals surface area contributed by atoms with Crippen molar-refractivity contribution in [3.05, 3.63) is 29.3 Å². The molecule has 0 aliphatic carbocycles. The van der Waals surface area contributed by atoms with Crippen molar-refractivity contribution >= 4 is 11.5 Å². The summed E-state index contributed by atoms with van der Waals surface area (Å²) in [6.45, 7) is 7.52. The highest BCUT2D eigenvalue weighted by atomic mass is 16.5. The molecule has 3 N–H and O–H groups in total. The monoisotopic (exact) mass is 249 g/mol. The van der Waals surface area contributed by atoms with E-state index in [-0.39, 0.29) is 11.9 Å². The Labute approximate surface area is 109 Å². The molecule has 4 nitrogen and oxygen atoms in total. The predicted molar refractivity (Wildman–Crippen MR) is 76.6 cm³/mol. The quantitative estimate of drug-likeness (QED) is 0.600. The SMILES string of the molecule is Cc1ccc(C(=N)N)c(N(C)CCOC(C)C)c1. The Balaban J connectivity index is 2.80. The second-order valence-electron chi connectivity index (χ2n) is 4.78. The minimum absolute atomic E-state index is 0.0987. The summed E-state index contributed by atoms with van der Waals surface area (Å²) >= 11 is 0. The number of anilines is 1. The van der Waals surface area contributed by atoms with Crippen LogP contribution in [0.15, 0.2) is 18.2 Å². The second kappa shape index (κ2) is 6.40. The van der Waals surface area contributed by atoms with Crippen LogP contribution in [0.2, 0.25) is 0 Å². The summed E-state index contributed by atoms with van der Waals surface area (Å²) in [4.78, 5) is 2.08. The molecule has 1 aromatic carbocycles.